The van der Waals surface area contributed by atoms with Crippen LogP contribution in [0.4, 0.5) is 0 Å². The molecule has 7 heteroatoms. The predicted molar refractivity (Wildman–Crippen MR) is 118 cm³/mol. The molecular weight excluding hydrogens is 392 g/mol. The van der Waals surface area contributed by atoms with Crippen molar-refractivity contribution in [3.63, 3.8) is 0 Å². The minimum Gasteiger partial charge on any atom is -0.369 e. The molecule has 1 aliphatic rings. The zero-order valence-corrected chi connectivity index (χ0v) is 17.4. The number of pyridine rings is 1. The molecule has 0 atom stereocenters. The Kier molecular flexibility index (Phi) is 5.03. The Hall–Kier alpha value is -3.45. The predicted octanol–water partition coefficient (Wildman–Crippen LogP) is 3.29. The van der Waals surface area contributed by atoms with E-state index in [1.807, 2.05) is 61.5 Å². The summed E-state index contributed by atoms with van der Waals surface area (Å²) in [6.07, 6.45) is 3.98. The fraction of sp³-hybridized carbons (Fsp3) is 0.292. The van der Waals surface area contributed by atoms with Crippen molar-refractivity contribution in [2.75, 3.05) is 0 Å². The maximum absolute atomic E-state index is 13.2. The second-order valence-electron chi connectivity index (χ2n) is 7.86. The maximum atomic E-state index is 13.2. The Morgan fingerprint density at radius 3 is 2.39 bits per heavy atom. The molecule has 0 saturated heterocycles. The van der Waals surface area contributed by atoms with Gasteiger partial charge in [-0.15, -0.1) is 9.89 Å². The molecule has 0 N–H and O–H groups in total. The molecular formula is C24H24N4O3. The SMILES string of the molecule is CCn1c(COCc2ccccc2)nn(-n2cc(C3CC3)c3ccccc3c2=O)c1=O. The lowest BCUT2D eigenvalue weighted by molar-refractivity contribution is 0.0987. The van der Waals surface area contributed by atoms with Gasteiger partial charge in [0, 0.05) is 18.1 Å². The molecule has 2 heterocycles. The highest BCUT2D eigenvalue weighted by molar-refractivity contribution is 5.85. The molecule has 2 aromatic heterocycles. The van der Waals surface area contributed by atoms with Crippen molar-refractivity contribution in [3.05, 3.63) is 98.6 Å². The lowest BCUT2D eigenvalue weighted by atomic mass is 10.0. The highest BCUT2D eigenvalue weighted by Crippen LogP contribution is 2.42. The van der Waals surface area contributed by atoms with Crippen molar-refractivity contribution >= 4 is 10.8 Å². The fourth-order valence-corrected chi connectivity index (χ4v) is 3.99. The summed E-state index contributed by atoms with van der Waals surface area (Å²) < 4.78 is 8.70. The molecule has 0 spiro atoms. The highest BCUT2D eigenvalue weighted by atomic mass is 16.5. The molecule has 0 bridgehead atoms. The second kappa shape index (κ2) is 8.00. The van der Waals surface area contributed by atoms with Gasteiger partial charge in [-0.3, -0.25) is 9.36 Å². The second-order valence-corrected chi connectivity index (χ2v) is 7.86. The Morgan fingerprint density at radius 2 is 1.68 bits per heavy atom. The number of nitrogens with zero attached hydrogens (tertiary/aromatic N) is 4. The van der Waals surface area contributed by atoms with Crippen LogP contribution in [0.25, 0.3) is 10.8 Å². The molecule has 1 saturated carbocycles. The summed E-state index contributed by atoms with van der Waals surface area (Å²) >= 11 is 0. The molecule has 31 heavy (non-hydrogen) atoms. The average Bonchev–Trinajstić information content (AvgIpc) is 3.59. The van der Waals surface area contributed by atoms with E-state index < -0.39 is 0 Å². The van der Waals surface area contributed by atoms with Gasteiger partial charge in [-0.2, -0.15) is 4.68 Å². The van der Waals surface area contributed by atoms with Gasteiger partial charge >= 0.3 is 5.69 Å². The van der Waals surface area contributed by atoms with Gasteiger partial charge in [-0.1, -0.05) is 48.5 Å². The van der Waals surface area contributed by atoms with Crippen LogP contribution in [0.1, 0.15) is 42.6 Å². The number of hydrogen-bond acceptors (Lipinski definition) is 4. The third kappa shape index (κ3) is 3.61. The van der Waals surface area contributed by atoms with Crippen LogP contribution in [0.5, 0.6) is 0 Å². The normalized spacial score (nSPS) is 13.7. The van der Waals surface area contributed by atoms with Crippen molar-refractivity contribution in [3.8, 4) is 0 Å². The zero-order valence-electron chi connectivity index (χ0n) is 17.4. The Bertz CT molecular complexity index is 1350. The van der Waals surface area contributed by atoms with Crippen LogP contribution < -0.4 is 11.2 Å². The molecule has 7 nitrogen and oxygen atoms in total. The third-order valence-corrected chi connectivity index (χ3v) is 5.74. The number of benzene rings is 2. The van der Waals surface area contributed by atoms with Crippen molar-refractivity contribution in [2.45, 2.75) is 45.4 Å². The van der Waals surface area contributed by atoms with Crippen LogP contribution >= 0.6 is 0 Å². The van der Waals surface area contributed by atoms with Crippen molar-refractivity contribution in [1.29, 1.82) is 0 Å². The summed E-state index contributed by atoms with van der Waals surface area (Å²) in [6.45, 7) is 2.93. The lowest BCUT2D eigenvalue weighted by Gasteiger charge is -2.10. The van der Waals surface area contributed by atoms with E-state index in [0.29, 0.717) is 30.3 Å². The molecule has 0 radical (unpaired) electrons. The van der Waals surface area contributed by atoms with E-state index in [-0.39, 0.29) is 17.9 Å². The molecule has 4 aromatic rings. The summed E-state index contributed by atoms with van der Waals surface area (Å²) in [6, 6.07) is 17.4. The van der Waals surface area contributed by atoms with E-state index >= 15 is 0 Å². The molecule has 0 unspecified atom stereocenters. The molecule has 2 aromatic carbocycles. The van der Waals surface area contributed by atoms with Crippen LogP contribution in [0.3, 0.4) is 0 Å². The van der Waals surface area contributed by atoms with E-state index in [1.54, 1.807) is 10.8 Å². The number of aromatic nitrogens is 4. The van der Waals surface area contributed by atoms with E-state index in [9.17, 15) is 9.59 Å². The Morgan fingerprint density at radius 1 is 0.968 bits per heavy atom. The molecule has 0 aliphatic heterocycles. The van der Waals surface area contributed by atoms with Gasteiger partial charge in [-0.25, -0.2) is 4.79 Å². The van der Waals surface area contributed by atoms with Gasteiger partial charge in [0.15, 0.2) is 5.82 Å². The minimum absolute atomic E-state index is 0.183. The van der Waals surface area contributed by atoms with E-state index in [1.165, 1.54) is 9.47 Å². The van der Waals surface area contributed by atoms with Crippen LogP contribution in [-0.2, 0) is 24.5 Å². The largest absolute Gasteiger partial charge is 0.369 e. The quantitative estimate of drug-likeness (QED) is 0.464. The third-order valence-electron chi connectivity index (χ3n) is 5.74. The average molecular weight is 416 g/mol. The van der Waals surface area contributed by atoms with Crippen LogP contribution in [0, 0.1) is 0 Å². The van der Waals surface area contributed by atoms with Gasteiger partial charge in [-0.05, 0) is 48.3 Å². The molecule has 1 fully saturated rings. The monoisotopic (exact) mass is 416 g/mol. The first-order valence-corrected chi connectivity index (χ1v) is 10.6. The maximum Gasteiger partial charge on any atom is 0.366 e. The molecule has 5 rings (SSSR count). The molecule has 158 valence electrons. The molecule has 0 amide bonds. The topological polar surface area (TPSA) is 71.0 Å². The number of ether oxygens (including phenoxy) is 1. The Labute approximate surface area is 179 Å². The van der Waals surface area contributed by atoms with Gasteiger partial charge in [0.1, 0.15) is 6.61 Å². The smallest absolute Gasteiger partial charge is 0.366 e. The highest BCUT2D eigenvalue weighted by Gasteiger charge is 2.27. The van der Waals surface area contributed by atoms with Crippen LogP contribution in [-0.4, -0.2) is 19.1 Å². The lowest BCUT2D eigenvalue weighted by Crippen LogP contribution is -2.36. The first-order valence-electron chi connectivity index (χ1n) is 10.6. The van der Waals surface area contributed by atoms with E-state index in [4.69, 9.17) is 4.74 Å². The fourth-order valence-electron chi connectivity index (χ4n) is 3.99. The molecule has 1 aliphatic carbocycles. The zero-order chi connectivity index (χ0) is 21.4. The van der Waals surface area contributed by atoms with E-state index in [0.717, 1.165) is 29.4 Å². The first-order chi connectivity index (χ1) is 15.2. The first kappa shape index (κ1) is 19.5. The van der Waals surface area contributed by atoms with Gasteiger partial charge < -0.3 is 4.74 Å². The summed E-state index contributed by atoms with van der Waals surface area (Å²) in [7, 11) is 0. The van der Waals surface area contributed by atoms with Gasteiger partial charge in [0.05, 0.1) is 6.61 Å². The summed E-state index contributed by atoms with van der Waals surface area (Å²) in [5, 5.41) is 6.04. The number of hydrogen-bond donors (Lipinski definition) is 0. The van der Waals surface area contributed by atoms with Crippen molar-refractivity contribution in [1.82, 2.24) is 19.1 Å². The van der Waals surface area contributed by atoms with Crippen molar-refractivity contribution < 1.29 is 4.74 Å². The van der Waals surface area contributed by atoms with Gasteiger partial charge in [0.25, 0.3) is 5.56 Å². The van der Waals surface area contributed by atoms with Crippen LogP contribution in [0.2, 0.25) is 0 Å². The van der Waals surface area contributed by atoms with E-state index in [2.05, 4.69) is 5.10 Å². The number of rotatable bonds is 7. The summed E-state index contributed by atoms with van der Waals surface area (Å²) in [5.41, 5.74) is 1.54. The van der Waals surface area contributed by atoms with Crippen LogP contribution in [0.15, 0.2) is 70.4 Å². The Balaban J connectivity index is 1.53. The van der Waals surface area contributed by atoms with Crippen molar-refractivity contribution in [2.24, 2.45) is 0 Å². The minimum atomic E-state index is -0.347. The number of fused-ring (bicyclic) bond motifs is 1. The summed E-state index contributed by atoms with van der Waals surface area (Å²) in [5.74, 6) is 0.922. The standard InChI is InChI=1S/C24H24N4O3/c1-2-26-22(16-31-15-17-8-4-3-5-9-17)25-28(24(26)30)27-14-21(18-12-13-18)19-10-6-7-11-20(19)23(27)29/h3-11,14,18H,2,12-13,15-16H2,1H3. The van der Waals surface area contributed by atoms with Gasteiger partial charge in [0.2, 0.25) is 0 Å². The summed E-state index contributed by atoms with van der Waals surface area (Å²) in [4.78, 5) is 27.5.